The normalized spacial score (nSPS) is 19.3. The molecule has 2 aliphatic rings. The van der Waals surface area contributed by atoms with E-state index in [1.807, 2.05) is 0 Å². The molecule has 1 aliphatic carbocycles. The van der Waals surface area contributed by atoms with Crippen molar-refractivity contribution in [2.45, 2.75) is 37.1 Å². The van der Waals surface area contributed by atoms with Crippen LogP contribution in [0.2, 0.25) is 5.02 Å². The fourth-order valence-corrected chi connectivity index (χ4v) is 4.69. The molecule has 2 aromatic carbocycles. The van der Waals surface area contributed by atoms with Gasteiger partial charge in [-0.15, -0.1) is 0 Å². The second-order valence-corrected chi connectivity index (χ2v) is 9.26. The van der Waals surface area contributed by atoms with Crippen molar-refractivity contribution >= 4 is 23.4 Å². The van der Waals surface area contributed by atoms with Crippen LogP contribution in [0.5, 0.6) is 0 Å². The second-order valence-electron chi connectivity index (χ2n) is 8.82. The number of amides is 2. The maximum atomic E-state index is 12.9. The fourth-order valence-electron chi connectivity index (χ4n) is 4.51. The second kappa shape index (κ2) is 8.05. The molecule has 1 fully saturated rings. The number of halogens is 1. The molecule has 1 saturated carbocycles. The summed E-state index contributed by atoms with van der Waals surface area (Å²) < 4.78 is 0. The monoisotopic (exact) mass is 425 g/mol. The van der Waals surface area contributed by atoms with Gasteiger partial charge < -0.3 is 15.5 Å². The van der Waals surface area contributed by atoms with Gasteiger partial charge in [-0.05, 0) is 86.6 Å². The van der Waals surface area contributed by atoms with Crippen molar-refractivity contribution in [2.75, 3.05) is 27.2 Å². The van der Waals surface area contributed by atoms with Crippen LogP contribution < -0.4 is 5.73 Å². The summed E-state index contributed by atoms with van der Waals surface area (Å²) >= 11 is 6.09. The standard InChI is InChI=1S/C24H28ClN3O2/c1-27(2)13-11-24(9-10-24)17-5-3-4-16(14-17)8-12-28-21(22(26)29)20-15-18(25)6-7-19(20)23(28)30/h3-7,14-15,21H,8-13H2,1-2H3,(H2,26,29). The van der Waals surface area contributed by atoms with Crippen molar-refractivity contribution in [1.29, 1.82) is 0 Å². The lowest BCUT2D eigenvalue weighted by atomic mass is 9.90. The van der Waals surface area contributed by atoms with E-state index in [1.165, 1.54) is 24.0 Å². The molecule has 5 nitrogen and oxygen atoms in total. The number of benzene rings is 2. The molecule has 4 rings (SSSR count). The van der Waals surface area contributed by atoms with Crippen LogP contribution in [0.25, 0.3) is 0 Å². The first-order valence-corrected chi connectivity index (χ1v) is 10.8. The highest BCUT2D eigenvalue weighted by Crippen LogP contribution is 2.51. The highest BCUT2D eigenvalue weighted by molar-refractivity contribution is 6.31. The van der Waals surface area contributed by atoms with Crippen LogP contribution >= 0.6 is 11.6 Å². The molecule has 1 heterocycles. The van der Waals surface area contributed by atoms with E-state index >= 15 is 0 Å². The van der Waals surface area contributed by atoms with E-state index in [0.29, 0.717) is 34.5 Å². The van der Waals surface area contributed by atoms with E-state index < -0.39 is 11.9 Å². The summed E-state index contributed by atoms with van der Waals surface area (Å²) in [6, 6.07) is 13.0. The molecular weight excluding hydrogens is 398 g/mol. The smallest absolute Gasteiger partial charge is 0.255 e. The lowest BCUT2D eigenvalue weighted by Gasteiger charge is -2.23. The molecule has 1 aliphatic heterocycles. The average molecular weight is 426 g/mol. The number of carbonyl (C=O) groups is 2. The van der Waals surface area contributed by atoms with Crippen LogP contribution in [0.15, 0.2) is 42.5 Å². The first-order chi connectivity index (χ1) is 14.3. The van der Waals surface area contributed by atoms with Crippen LogP contribution in [0.4, 0.5) is 0 Å². The van der Waals surface area contributed by atoms with Crippen molar-refractivity contribution in [2.24, 2.45) is 5.73 Å². The Morgan fingerprint density at radius 3 is 2.67 bits per heavy atom. The molecular formula is C24H28ClN3O2. The Hall–Kier alpha value is -2.37. The van der Waals surface area contributed by atoms with Gasteiger partial charge in [0.15, 0.2) is 0 Å². The summed E-state index contributed by atoms with van der Waals surface area (Å²) in [6.07, 6.45) is 4.30. The molecule has 30 heavy (non-hydrogen) atoms. The van der Waals surface area contributed by atoms with E-state index in [-0.39, 0.29) is 5.91 Å². The van der Waals surface area contributed by atoms with Gasteiger partial charge in [0.2, 0.25) is 5.91 Å². The summed E-state index contributed by atoms with van der Waals surface area (Å²) in [5, 5.41) is 0.495. The van der Waals surface area contributed by atoms with E-state index in [0.717, 1.165) is 13.0 Å². The summed E-state index contributed by atoms with van der Waals surface area (Å²) in [4.78, 5) is 28.9. The number of hydrogen-bond donors (Lipinski definition) is 1. The number of primary amides is 1. The molecule has 158 valence electrons. The van der Waals surface area contributed by atoms with Crippen molar-refractivity contribution in [3.05, 3.63) is 69.7 Å². The first kappa shape index (κ1) is 20.9. The van der Waals surface area contributed by atoms with Crippen molar-refractivity contribution in [1.82, 2.24) is 9.80 Å². The number of rotatable bonds is 8. The van der Waals surface area contributed by atoms with Gasteiger partial charge in [0, 0.05) is 17.1 Å². The minimum atomic E-state index is -0.760. The number of fused-ring (bicyclic) bond motifs is 1. The van der Waals surface area contributed by atoms with Crippen LogP contribution in [0, 0.1) is 0 Å². The molecule has 1 atom stereocenters. The van der Waals surface area contributed by atoms with E-state index in [4.69, 9.17) is 17.3 Å². The number of hydrogen-bond acceptors (Lipinski definition) is 3. The lowest BCUT2D eigenvalue weighted by Crippen LogP contribution is -2.37. The molecule has 0 saturated heterocycles. The largest absolute Gasteiger partial charge is 0.368 e. The van der Waals surface area contributed by atoms with Crippen LogP contribution in [0.3, 0.4) is 0 Å². The van der Waals surface area contributed by atoms with Crippen molar-refractivity contribution in [3.63, 3.8) is 0 Å². The third-order valence-corrected chi connectivity index (χ3v) is 6.69. The Kier molecular flexibility index (Phi) is 5.60. The van der Waals surface area contributed by atoms with Gasteiger partial charge in [0.1, 0.15) is 6.04 Å². The molecule has 2 aromatic rings. The molecule has 0 spiro atoms. The predicted octanol–water partition coefficient (Wildman–Crippen LogP) is 3.55. The summed E-state index contributed by atoms with van der Waals surface area (Å²) in [5.74, 6) is -0.690. The number of carbonyl (C=O) groups excluding carboxylic acids is 2. The van der Waals surface area contributed by atoms with Gasteiger partial charge in [0.05, 0.1) is 0 Å². The number of nitrogens with two attached hydrogens (primary N) is 1. The van der Waals surface area contributed by atoms with Gasteiger partial charge in [-0.3, -0.25) is 9.59 Å². The third kappa shape index (κ3) is 3.96. The molecule has 0 aromatic heterocycles. The third-order valence-electron chi connectivity index (χ3n) is 6.45. The van der Waals surface area contributed by atoms with E-state index in [9.17, 15) is 9.59 Å². The minimum Gasteiger partial charge on any atom is -0.368 e. The maximum absolute atomic E-state index is 12.9. The molecule has 6 heteroatoms. The average Bonchev–Trinajstić information content (AvgIpc) is 3.45. The predicted molar refractivity (Wildman–Crippen MR) is 119 cm³/mol. The Bertz CT molecular complexity index is 984. The highest BCUT2D eigenvalue weighted by Gasteiger charge is 2.44. The summed E-state index contributed by atoms with van der Waals surface area (Å²) in [6.45, 7) is 1.51. The highest BCUT2D eigenvalue weighted by atomic mass is 35.5. The molecule has 2 amide bonds. The first-order valence-electron chi connectivity index (χ1n) is 10.4. The lowest BCUT2D eigenvalue weighted by molar-refractivity contribution is -0.122. The van der Waals surface area contributed by atoms with Crippen molar-refractivity contribution < 1.29 is 9.59 Å². The molecule has 0 radical (unpaired) electrons. The molecule has 0 bridgehead atoms. The Labute approximate surface area is 182 Å². The van der Waals surface area contributed by atoms with Crippen LogP contribution in [0.1, 0.15) is 52.4 Å². The minimum absolute atomic E-state index is 0.161. The zero-order valence-electron chi connectivity index (χ0n) is 17.5. The SMILES string of the molecule is CN(C)CCC1(c2cccc(CCN3C(=O)c4ccc(Cl)cc4C3C(N)=O)c2)CC1. The van der Waals surface area contributed by atoms with Crippen LogP contribution in [-0.4, -0.2) is 48.8 Å². The maximum Gasteiger partial charge on any atom is 0.255 e. The van der Waals surface area contributed by atoms with Gasteiger partial charge in [-0.2, -0.15) is 0 Å². The number of nitrogens with zero attached hydrogens (tertiary/aromatic N) is 2. The van der Waals surface area contributed by atoms with Gasteiger partial charge in [0.25, 0.3) is 5.91 Å². The van der Waals surface area contributed by atoms with E-state index in [1.54, 1.807) is 23.1 Å². The zero-order chi connectivity index (χ0) is 21.5. The van der Waals surface area contributed by atoms with E-state index in [2.05, 4.69) is 43.3 Å². The quantitative estimate of drug-likeness (QED) is 0.703. The Balaban J connectivity index is 1.50. The topological polar surface area (TPSA) is 66.6 Å². The van der Waals surface area contributed by atoms with Gasteiger partial charge in [-0.25, -0.2) is 0 Å². The van der Waals surface area contributed by atoms with Crippen molar-refractivity contribution in [3.8, 4) is 0 Å². The van der Waals surface area contributed by atoms with Gasteiger partial charge >= 0.3 is 0 Å². The molecule has 1 unspecified atom stereocenters. The van der Waals surface area contributed by atoms with Crippen LogP contribution in [-0.2, 0) is 16.6 Å². The molecule has 2 N–H and O–H groups in total. The Morgan fingerprint density at radius 2 is 2.00 bits per heavy atom. The van der Waals surface area contributed by atoms with Gasteiger partial charge in [-0.1, -0.05) is 35.9 Å². The zero-order valence-corrected chi connectivity index (χ0v) is 18.3. The summed E-state index contributed by atoms with van der Waals surface area (Å²) in [7, 11) is 4.22. The fraction of sp³-hybridized carbons (Fsp3) is 0.417. The summed E-state index contributed by atoms with van der Waals surface area (Å²) in [5.41, 5.74) is 9.63. The Morgan fingerprint density at radius 1 is 1.23 bits per heavy atom.